The summed E-state index contributed by atoms with van der Waals surface area (Å²) in [7, 11) is 0. The van der Waals surface area contributed by atoms with E-state index in [0.29, 0.717) is 6.54 Å². The van der Waals surface area contributed by atoms with Crippen molar-refractivity contribution in [3.8, 4) is 6.07 Å². The molecule has 1 aromatic rings. The summed E-state index contributed by atoms with van der Waals surface area (Å²) in [4.78, 5) is 14.0. The van der Waals surface area contributed by atoms with Gasteiger partial charge in [-0.3, -0.25) is 4.90 Å². The average Bonchev–Trinajstić information content (AvgIpc) is 2.55. The van der Waals surface area contributed by atoms with Crippen LogP contribution in [0.1, 0.15) is 45.1 Å². The molecule has 1 aliphatic heterocycles. The third-order valence-electron chi connectivity index (χ3n) is 3.25. The van der Waals surface area contributed by atoms with E-state index >= 15 is 0 Å². The maximum Gasteiger partial charge on any atom is 0.414 e. The molecule has 0 N–H and O–H groups in total. The summed E-state index contributed by atoms with van der Waals surface area (Å²) in [5, 5.41) is 9.29. The SMILES string of the molecule is CC(C)(C)OC(=O)N1CCCC(C#N)c2ccccc21. The number of benzene rings is 1. The first-order chi connectivity index (χ1) is 9.42. The molecule has 1 heterocycles. The summed E-state index contributed by atoms with van der Waals surface area (Å²) >= 11 is 0. The number of ether oxygens (including phenoxy) is 1. The lowest BCUT2D eigenvalue weighted by Gasteiger charge is -2.27. The molecule has 1 atom stereocenters. The molecule has 106 valence electrons. The quantitative estimate of drug-likeness (QED) is 0.721. The first-order valence-electron chi connectivity index (χ1n) is 6.91. The van der Waals surface area contributed by atoms with Crippen LogP contribution in [0.2, 0.25) is 0 Å². The highest BCUT2D eigenvalue weighted by Gasteiger charge is 2.29. The number of carbonyl (C=O) groups excluding carboxylic acids is 1. The summed E-state index contributed by atoms with van der Waals surface area (Å²) in [6.07, 6.45) is 1.22. The van der Waals surface area contributed by atoms with Gasteiger partial charge in [0, 0.05) is 6.54 Å². The monoisotopic (exact) mass is 272 g/mol. The second kappa shape index (κ2) is 5.54. The Hall–Kier alpha value is -2.02. The first-order valence-corrected chi connectivity index (χ1v) is 6.91. The Morgan fingerprint density at radius 2 is 2.10 bits per heavy atom. The largest absolute Gasteiger partial charge is 0.443 e. The van der Waals surface area contributed by atoms with E-state index in [1.54, 1.807) is 4.90 Å². The van der Waals surface area contributed by atoms with Gasteiger partial charge in [0.1, 0.15) is 5.60 Å². The zero-order valence-electron chi connectivity index (χ0n) is 12.2. The van der Waals surface area contributed by atoms with E-state index < -0.39 is 5.60 Å². The minimum absolute atomic E-state index is 0.154. The van der Waals surface area contributed by atoms with Gasteiger partial charge in [0.25, 0.3) is 0 Å². The predicted molar refractivity (Wildman–Crippen MR) is 77.6 cm³/mol. The Balaban J connectivity index is 2.35. The summed E-state index contributed by atoms with van der Waals surface area (Å²) in [6.45, 7) is 6.15. The van der Waals surface area contributed by atoms with Gasteiger partial charge in [-0.25, -0.2) is 4.79 Å². The fourth-order valence-electron chi connectivity index (χ4n) is 2.40. The summed E-state index contributed by atoms with van der Waals surface area (Å²) < 4.78 is 5.46. The fourth-order valence-corrected chi connectivity index (χ4v) is 2.40. The summed E-state index contributed by atoms with van der Waals surface area (Å²) in [6, 6.07) is 9.92. The van der Waals surface area contributed by atoms with Crippen molar-refractivity contribution >= 4 is 11.8 Å². The molecule has 0 radical (unpaired) electrons. The predicted octanol–water partition coefficient (Wildman–Crippen LogP) is 3.83. The minimum Gasteiger partial charge on any atom is -0.443 e. The Morgan fingerprint density at radius 3 is 2.75 bits per heavy atom. The number of hydrogen-bond donors (Lipinski definition) is 0. The molecule has 0 spiro atoms. The fraction of sp³-hybridized carbons (Fsp3) is 0.500. The van der Waals surface area contributed by atoms with Crippen LogP contribution in [-0.2, 0) is 4.74 Å². The number of amides is 1. The number of hydrogen-bond acceptors (Lipinski definition) is 3. The lowest BCUT2D eigenvalue weighted by molar-refractivity contribution is 0.0580. The smallest absolute Gasteiger partial charge is 0.414 e. The number of anilines is 1. The highest BCUT2D eigenvalue weighted by molar-refractivity contribution is 5.89. The van der Waals surface area contributed by atoms with Crippen molar-refractivity contribution < 1.29 is 9.53 Å². The normalized spacial score (nSPS) is 18.7. The molecular weight excluding hydrogens is 252 g/mol. The first kappa shape index (κ1) is 14.4. The number of rotatable bonds is 0. The van der Waals surface area contributed by atoms with E-state index in [4.69, 9.17) is 4.74 Å². The molecule has 4 heteroatoms. The molecular formula is C16H20N2O2. The van der Waals surface area contributed by atoms with Crippen molar-refractivity contribution in [2.45, 2.75) is 45.1 Å². The van der Waals surface area contributed by atoms with Crippen LogP contribution in [0.3, 0.4) is 0 Å². The van der Waals surface area contributed by atoms with Crippen LogP contribution in [0.15, 0.2) is 24.3 Å². The van der Waals surface area contributed by atoms with Crippen LogP contribution in [-0.4, -0.2) is 18.2 Å². The van der Waals surface area contributed by atoms with Crippen molar-refractivity contribution in [3.63, 3.8) is 0 Å². The van der Waals surface area contributed by atoms with Gasteiger partial charge in [-0.05, 0) is 45.2 Å². The maximum absolute atomic E-state index is 12.3. The van der Waals surface area contributed by atoms with Gasteiger partial charge in [0.2, 0.25) is 0 Å². The van der Waals surface area contributed by atoms with E-state index in [9.17, 15) is 10.1 Å². The molecule has 1 aromatic carbocycles. The molecule has 0 saturated heterocycles. The third-order valence-corrected chi connectivity index (χ3v) is 3.25. The Labute approximate surface area is 120 Å². The molecule has 1 unspecified atom stereocenters. The molecule has 20 heavy (non-hydrogen) atoms. The highest BCUT2D eigenvalue weighted by atomic mass is 16.6. The third kappa shape index (κ3) is 3.11. The van der Waals surface area contributed by atoms with Gasteiger partial charge >= 0.3 is 6.09 Å². The number of nitriles is 1. The number of nitrogens with zero attached hydrogens (tertiary/aromatic N) is 2. The van der Waals surface area contributed by atoms with Gasteiger partial charge in [0.05, 0.1) is 17.7 Å². The van der Waals surface area contributed by atoms with E-state index in [0.717, 1.165) is 24.1 Å². The van der Waals surface area contributed by atoms with E-state index in [2.05, 4.69) is 6.07 Å². The molecule has 1 aliphatic rings. The average molecular weight is 272 g/mol. The van der Waals surface area contributed by atoms with Crippen LogP contribution < -0.4 is 4.90 Å². The van der Waals surface area contributed by atoms with Gasteiger partial charge < -0.3 is 4.74 Å². The molecule has 2 rings (SSSR count). The van der Waals surface area contributed by atoms with Crippen molar-refractivity contribution in [2.24, 2.45) is 0 Å². The lowest BCUT2D eigenvalue weighted by Crippen LogP contribution is -2.37. The van der Waals surface area contributed by atoms with Crippen molar-refractivity contribution in [1.82, 2.24) is 0 Å². The van der Waals surface area contributed by atoms with Crippen LogP contribution in [0.25, 0.3) is 0 Å². The minimum atomic E-state index is -0.521. The Bertz CT molecular complexity index is 540. The lowest BCUT2D eigenvalue weighted by atomic mass is 9.96. The Morgan fingerprint density at radius 1 is 1.40 bits per heavy atom. The zero-order valence-corrected chi connectivity index (χ0v) is 12.2. The summed E-state index contributed by atoms with van der Waals surface area (Å²) in [5.74, 6) is -0.154. The molecule has 0 saturated carbocycles. The number of para-hydroxylation sites is 1. The molecule has 0 aliphatic carbocycles. The van der Waals surface area contributed by atoms with Crippen LogP contribution >= 0.6 is 0 Å². The second-order valence-electron chi connectivity index (χ2n) is 6.01. The van der Waals surface area contributed by atoms with Gasteiger partial charge in [-0.2, -0.15) is 5.26 Å². The maximum atomic E-state index is 12.3. The van der Waals surface area contributed by atoms with Crippen LogP contribution in [0.5, 0.6) is 0 Å². The molecule has 1 amide bonds. The Kier molecular flexibility index (Phi) is 3.99. The number of fused-ring (bicyclic) bond motifs is 1. The second-order valence-corrected chi connectivity index (χ2v) is 6.01. The van der Waals surface area contributed by atoms with E-state index in [-0.39, 0.29) is 12.0 Å². The molecule has 0 bridgehead atoms. The van der Waals surface area contributed by atoms with Gasteiger partial charge in [0.15, 0.2) is 0 Å². The van der Waals surface area contributed by atoms with Crippen LogP contribution in [0.4, 0.5) is 10.5 Å². The zero-order chi connectivity index (χ0) is 14.8. The summed E-state index contributed by atoms with van der Waals surface area (Å²) in [5.41, 5.74) is 1.19. The van der Waals surface area contributed by atoms with Crippen molar-refractivity contribution in [2.75, 3.05) is 11.4 Å². The van der Waals surface area contributed by atoms with Gasteiger partial charge in [-0.1, -0.05) is 18.2 Å². The van der Waals surface area contributed by atoms with Crippen molar-refractivity contribution in [3.05, 3.63) is 29.8 Å². The molecule has 0 fully saturated rings. The topological polar surface area (TPSA) is 53.3 Å². The van der Waals surface area contributed by atoms with E-state index in [1.807, 2.05) is 45.0 Å². The van der Waals surface area contributed by atoms with Crippen LogP contribution in [0, 0.1) is 11.3 Å². The number of carbonyl (C=O) groups is 1. The molecule has 4 nitrogen and oxygen atoms in total. The molecule has 0 aromatic heterocycles. The van der Waals surface area contributed by atoms with Crippen molar-refractivity contribution in [1.29, 1.82) is 5.26 Å². The standard InChI is InChI=1S/C16H20N2O2/c1-16(2,3)20-15(19)18-10-6-7-12(11-17)13-8-4-5-9-14(13)18/h4-5,8-9,12H,6-7,10H2,1-3H3. The van der Waals surface area contributed by atoms with Gasteiger partial charge in [-0.15, -0.1) is 0 Å². The van der Waals surface area contributed by atoms with E-state index in [1.165, 1.54) is 0 Å². The highest BCUT2D eigenvalue weighted by Crippen LogP contribution is 2.34.